The Morgan fingerprint density at radius 1 is 1.09 bits per heavy atom. The van der Waals surface area contributed by atoms with Gasteiger partial charge in [0.2, 0.25) is 0 Å². The van der Waals surface area contributed by atoms with Crippen molar-refractivity contribution in [2.24, 2.45) is 5.16 Å². The van der Waals surface area contributed by atoms with Gasteiger partial charge in [-0.2, -0.15) is 0 Å². The summed E-state index contributed by atoms with van der Waals surface area (Å²) in [5.41, 5.74) is 0.898. The topological polar surface area (TPSA) is 55.7 Å². The van der Waals surface area contributed by atoms with E-state index in [2.05, 4.69) is 9.99 Å². The lowest BCUT2D eigenvalue weighted by Crippen LogP contribution is -2.21. The molecule has 2 rings (SSSR count). The molecule has 1 atom stereocenters. The minimum Gasteiger partial charge on any atom is -0.399 e. The number of hydrogen-bond acceptors (Lipinski definition) is 4. The third-order valence-electron chi connectivity index (χ3n) is 3.09. The molecule has 120 valence electrons. The first-order valence-electron chi connectivity index (χ1n) is 6.83. The monoisotopic (exact) mass is 349 g/mol. The van der Waals surface area contributed by atoms with Crippen molar-refractivity contribution in [3.05, 3.63) is 71.3 Å². The molecule has 0 radical (unpaired) electrons. The van der Waals surface area contributed by atoms with E-state index in [-0.39, 0.29) is 4.90 Å². The second kappa shape index (κ2) is 7.94. The van der Waals surface area contributed by atoms with E-state index < -0.39 is 15.1 Å². The van der Waals surface area contributed by atoms with Crippen LogP contribution in [0.2, 0.25) is 5.02 Å². The number of halogens is 1. The molecule has 0 saturated heterocycles. The largest absolute Gasteiger partial charge is 0.399 e. The molecule has 0 aliphatic rings. The molecule has 4 nitrogen and oxygen atoms in total. The van der Waals surface area contributed by atoms with Crippen LogP contribution in [-0.4, -0.2) is 27.0 Å². The van der Waals surface area contributed by atoms with Crippen LogP contribution in [0.15, 0.2) is 70.7 Å². The molecule has 0 saturated carbocycles. The highest BCUT2D eigenvalue weighted by Crippen LogP contribution is 2.19. The Balaban J connectivity index is 2.35. The van der Waals surface area contributed by atoms with E-state index in [0.717, 1.165) is 5.56 Å². The molecule has 0 heterocycles. The summed E-state index contributed by atoms with van der Waals surface area (Å²) in [5.74, 6) is 0. The van der Waals surface area contributed by atoms with Gasteiger partial charge in [0, 0.05) is 5.02 Å². The molecule has 0 fully saturated rings. The smallest absolute Gasteiger partial charge is 0.190 e. The minimum atomic E-state index is -3.63. The average molecular weight is 350 g/mol. The number of oxime groups is 1. The maximum absolute atomic E-state index is 12.7. The molecule has 0 aliphatic carbocycles. The zero-order valence-electron chi connectivity index (χ0n) is 12.5. The van der Waals surface area contributed by atoms with Gasteiger partial charge in [0.1, 0.15) is 12.4 Å². The summed E-state index contributed by atoms with van der Waals surface area (Å²) < 4.78 is 25.5. The van der Waals surface area contributed by atoms with Gasteiger partial charge in [0.05, 0.1) is 11.1 Å². The van der Waals surface area contributed by atoms with Gasteiger partial charge in [-0.15, -0.1) is 0 Å². The van der Waals surface area contributed by atoms with Crippen molar-refractivity contribution in [2.75, 3.05) is 7.11 Å². The van der Waals surface area contributed by atoms with Crippen LogP contribution in [0.3, 0.4) is 0 Å². The Morgan fingerprint density at radius 3 is 2.35 bits per heavy atom. The third kappa shape index (κ3) is 4.68. The number of benzene rings is 2. The number of nitrogens with zero attached hydrogens (tertiary/aromatic N) is 1. The molecule has 6 heteroatoms. The van der Waals surface area contributed by atoms with Gasteiger partial charge in [0.25, 0.3) is 0 Å². The molecular formula is C17H16ClNO3S. The third-order valence-corrected chi connectivity index (χ3v) is 5.27. The molecular weight excluding hydrogens is 334 g/mol. The maximum Gasteiger partial charge on any atom is 0.190 e. The zero-order chi connectivity index (χ0) is 16.7. The van der Waals surface area contributed by atoms with Crippen LogP contribution in [-0.2, 0) is 14.7 Å². The lowest BCUT2D eigenvalue weighted by atomic mass is 10.2. The average Bonchev–Trinajstić information content (AvgIpc) is 2.56. The first kappa shape index (κ1) is 17.2. The fraction of sp³-hybridized carbons (Fsp3) is 0.118. The summed E-state index contributed by atoms with van der Waals surface area (Å²) in [6.45, 7) is 0. The van der Waals surface area contributed by atoms with Gasteiger partial charge in [0.15, 0.2) is 9.84 Å². The zero-order valence-corrected chi connectivity index (χ0v) is 14.0. The predicted molar refractivity (Wildman–Crippen MR) is 93.4 cm³/mol. The van der Waals surface area contributed by atoms with Crippen LogP contribution in [0, 0.1) is 0 Å². The standard InChI is InChI=1S/C17H16ClNO3S/c1-22-19-13-17(10-7-14-5-3-2-4-6-14)23(20,21)16-11-8-15(18)9-12-16/h2-13,17H,1H3/b10-7+,19-13+/t17-/m1/s1. The van der Waals surface area contributed by atoms with Crippen LogP contribution >= 0.6 is 11.6 Å². The van der Waals surface area contributed by atoms with Gasteiger partial charge < -0.3 is 4.84 Å². The van der Waals surface area contributed by atoms with Crippen LogP contribution in [0.1, 0.15) is 5.56 Å². The van der Waals surface area contributed by atoms with Crippen LogP contribution in [0.4, 0.5) is 0 Å². The van der Waals surface area contributed by atoms with Crippen LogP contribution in [0.25, 0.3) is 6.08 Å². The van der Waals surface area contributed by atoms with Crippen LogP contribution < -0.4 is 0 Å². The van der Waals surface area contributed by atoms with Gasteiger partial charge >= 0.3 is 0 Å². The molecule has 0 N–H and O–H groups in total. The quantitative estimate of drug-likeness (QED) is 0.588. The van der Waals surface area contributed by atoms with Crippen molar-refractivity contribution >= 4 is 33.7 Å². The molecule has 0 aliphatic heterocycles. The fourth-order valence-electron chi connectivity index (χ4n) is 1.91. The lowest BCUT2D eigenvalue weighted by molar-refractivity contribution is 0.215. The summed E-state index contributed by atoms with van der Waals surface area (Å²) >= 11 is 5.81. The highest BCUT2D eigenvalue weighted by Gasteiger charge is 2.24. The summed E-state index contributed by atoms with van der Waals surface area (Å²) in [6.07, 6.45) is 4.56. The molecule has 23 heavy (non-hydrogen) atoms. The first-order chi connectivity index (χ1) is 11.0. The Hall–Kier alpha value is -2.11. The molecule has 0 unspecified atom stereocenters. The summed E-state index contributed by atoms with van der Waals surface area (Å²) in [6, 6.07) is 15.5. The second-order valence-corrected chi connectivity index (χ2v) is 7.21. The predicted octanol–water partition coefficient (Wildman–Crippen LogP) is 3.83. The van der Waals surface area contributed by atoms with Gasteiger partial charge in [-0.3, -0.25) is 0 Å². The van der Waals surface area contributed by atoms with Crippen LogP contribution in [0.5, 0.6) is 0 Å². The molecule has 0 amide bonds. The van der Waals surface area contributed by atoms with E-state index in [1.54, 1.807) is 24.3 Å². The highest BCUT2D eigenvalue weighted by molar-refractivity contribution is 7.93. The number of rotatable bonds is 6. The molecule has 0 spiro atoms. The molecule has 2 aromatic carbocycles. The van der Waals surface area contributed by atoms with E-state index in [1.807, 2.05) is 30.3 Å². The second-order valence-electron chi connectivity index (χ2n) is 4.67. The Labute approximate surface area is 141 Å². The Bertz CT molecular complexity index is 784. The van der Waals surface area contributed by atoms with Gasteiger partial charge in [-0.1, -0.05) is 59.2 Å². The van der Waals surface area contributed by atoms with Crippen molar-refractivity contribution in [2.45, 2.75) is 10.1 Å². The summed E-state index contributed by atoms with van der Waals surface area (Å²) in [4.78, 5) is 4.80. The SMILES string of the molecule is CO/N=C/[C@@H](/C=C/c1ccccc1)S(=O)(=O)c1ccc(Cl)cc1. The number of hydrogen-bond donors (Lipinski definition) is 0. The van der Waals surface area contributed by atoms with Crippen molar-refractivity contribution in [3.8, 4) is 0 Å². The normalized spacial score (nSPS) is 13.5. The molecule has 0 aromatic heterocycles. The minimum absolute atomic E-state index is 0.173. The Morgan fingerprint density at radius 2 is 1.74 bits per heavy atom. The van der Waals surface area contributed by atoms with E-state index in [4.69, 9.17) is 11.6 Å². The van der Waals surface area contributed by atoms with Crippen molar-refractivity contribution in [3.63, 3.8) is 0 Å². The van der Waals surface area contributed by atoms with Crippen molar-refractivity contribution < 1.29 is 13.3 Å². The van der Waals surface area contributed by atoms with Gasteiger partial charge in [-0.25, -0.2) is 8.42 Å². The Kier molecular flexibility index (Phi) is 5.96. The number of sulfone groups is 1. The molecule has 0 bridgehead atoms. The highest BCUT2D eigenvalue weighted by atomic mass is 35.5. The fourth-order valence-corrected chi connectivity index (χ4v) is 3.36. The maximum atomic E-state index is 12.7. The van der Waals surface area contributed by atoms with E-state index in [1.165, 1.54) is 25.5 Å². The van der Waals surface area contributed by atoms with Gasteiger partial charge in [-0.05, 0) is 29.8 Å². The summed E-state index contributed by atoms with van der Waals surface area (Å²) in [7, 11) is -2.27. The van der Waals surface area contributed by atoms with Crippen molar-refractivity contribution in [1.29, 1.82) is 0 Å². The summed E-state index contributed by atoms with van der Waals surface area (Å²) in [5, 5.41) is 3.15. The van der Waals surface area contributed by atoms with E-state index >= 15 is 0 Å². The van der Waals surface area contributed by atoms with E-state index in [0.29, 0.717) is 5.02 Å². The molecule has 2 aromatic rings. The van der Waals surface area contributed by atoms with E-state index in [9.17, 15) is 8.42 Å². The lowest BCUT2D eigenvalue weighted by Gasteiger charge is -2.09. The van der Waals surface area contributed by atoms with Crippen molar-refractivity contribution in [1.82, 2.24) is 0 Å². The first-order valence-corrected chi connectivity index (χ1v) is 8.76.